The van der Waals surface area contributed by atoms with Crippen molar-refractivity contribution in [2.45, 2.75) is 40.0 Å². The van der Waals surface area contributed by atoms with E-state index >= 15 is 0 Å². The zero-order chi connectivity index (χ0) is 14.6. The molecule has 1 aromatic rings. The van der Waals surface area contributed by atoms with Gasteiger partial charge in [0.05, 0.1) is 0 Å². The van der Waals surface area contributed by atoms with E-state index in [-0.39, 0.29) is 0 Å². The highest BCUT2D eigenvalue weighted by Gasteiger charge is 1.95. The van der Waals surface area contributed by atoms with E-state index < -0.39 is 0 Å². The van der Waals surface area contributed by atoms with Crippen LogP contribution in [0, 0.1) is 0 Å². The van der Waals surface area contributed by atoms with Gasteiger partial charge in [-0.15, -0.1) is 0 Å². The SMILES string of the molecule is C/C=C(\C=C/CC)C/C=C\C(=C/CC)c1ccccc1. The summed E-state index contributed by atoms with van der Waals surface area (Å²) in [6.45, 7) is 6.44. The molecule has 0 aromatic heterocycles. The second-order valence-corrected chi connectivity index (χ2v) is 4.71. The summed E-state index contributed by atoms with van der Waals surface area (Å²) >= 11 is 0. The number of hydrogen-bond donors (Lipinski definition) is 0. The molecule has 0 N–H and O–H groups in total. The fourth-order valence-corrected chi connectivity index (χ4v) is 2.01. The van der Waals surface area contributed by atoms with Crippen LogP contribution < -0.4 is 0 Å². The van der Waals surface area contributed by atoms with Gasteiger partial charge in [0.1, 0.15) is 0 Å². The van der Waals surface area contributed by atoms with E-state index in [0.717, 1.165) is 19.3 Å². The predicted octanol–water partition coefficient (Wildman–Crippen LogP) is 6.34. The van der Waals surface area contributed by atoms with Gasteiger partial charge in [0.15, 0.2) is 0 Å². The Kier molecular flexibility index (Phi) is 8.14. The van der Waals surface area contributed by atoms with Gasteiger partial charge < -0.3 is 0 Å². The minimum atomic E-state index is 0.987. The molecule has 0 amide bonds. The fraction of sp³-hybridized carbons (Fsp3) is 0.300. The molecular formula is C20H26. The van der Waals surface area contributed by atoms with Crippen molar-refractivity contribution in [1.29, 1.82) is 0 Å². The minimum absolute atomic E-state index is 0.987. The standard InChI is InChI=1S/C20H26/c1-4-7-13-18(6-3)14-11-17-19(12-5-2)20-15-9-8-10-16-20/h6-13,15-17H,4-5,14H2,1-3H3/b13-7-,17-11-,18-6+,19-12+. The summed E-state index contributed by atoms with van der Waals surface area (Å²) in [5.41, 5.74) is 3.96. The molecule has 0 nitrogen and oxygen atoms in total. The molecule has 0 unspecified atom stereocenters. The molecule has 1 rings (SSSR count). The van der Waals surface area contributed by atoms with Gasteiger partial charge in [0.25, 0.3) is 0 Å². The van der Waals surface area contributed by atoms with Gasteiger partial charge in [-0.1, -0.05) is 80.6 Å². The maximum absolute atomic E-state index is 2.28. The highest BCUT2D eigenvalue weighted by Crippen LogP contribution is 2.17. The molecule has 0 saturated heterocycles. The number of allylic oxidation sites excluding steroid dienone is 8. The lowest BCUT2D eigenvalue weighted by Gasteiger charge is -2.02. The number of benzene rings is 1. The van der Waals surface area contributed by atoms with E-state index in [1.165, 1.54) is 16.7 Å². The Labute approximate surface area is 124 Å². The highest BCUT2D eigenvalue weighted by atomic mass is 14.0. The topological polar surface area (TPSA) is 0 Å². The third-order valence-corrected chi connectivity index (χ3v) is 3.12. The molecule has 0 heteroatoms. The van der Waals surface area contributed by atoms with Crippen molar-refractivity contribution < 1.29 is 0 Å². The molecule has 0 atom stereocenters. The first-order chi connectivity index (χ1) is 9.81. The van der Waals surface area contributed by atoms with Gasteiger partial charge in [0, 0.05) is 0 Å². The second kappa shape index (κ2) is 10.0. The van der Waals surface area contributed by atoms with Crippen LogP contribution in [0.1, 0.15) is 45.6 Å². The van der Waals surface area contributed by atoms with E-state index in [9.17, 15) is 0 Å². The smallest absolute Gasteiger partial charge is 0.00975 e. The van der Waals surface area contributed by atoms with Crippen LogP contribution in [-0.2, 0) is 0 Å². The average Bonchev–Trinajstić information content (AvgIpc) is 2.50. The first-order valence-electron chi connectivity index (χ1n) is 7.55. The minimum Gasteiger partial charge on any atom is -0.0845 e. The van der Waals surface area contributed by atoms with Crippen molar-refractivity contribution in [2.75, 3.05) is 0 Å². The van der Waals surface area contributed by atoms with Crippen LogP contribution in [-0.4, -0.2) is 0 Å². The number of rotatable bonds is 7. The molecule has 0 aliphatic carbocycles. The van der Waals surface area contributed by atoms with Gasteiger partial charge in [-0.3, -0.25) is 0 Å². The normalized spacial score (nSPS) is 13.6. The van der Waals surface area contributed by atoms with Gasteiger partial charge in [-0.25, -0.2) is 0 Å². The van der Waals surface area contributed by atoms with Crippen molar-refractivity contribution in [3.05, 3.63) is 77.9 Å². The predicted molar refractivity (Wildman–Crippen MR) is 91.7 cm³/mol. The zero-order valence-electron chi connectivity index (χ0n) is 13.0. The molecule has 0 bridgehead atoms. The fourth-order valence-electron chi connectivity index (χ4n) is 2.01. The Balaban J connectivity index is 2.75. The largest absolute Gasteiger partial charge is 0.0845 e. The van der Waals surface area contributed by atoms with Crippen molar-refractivity contribution in [3.8, 4) is 0 Å². The summed E-state index contributed by atoms with van der Waals surface area (Å²) < 4.78 is 0. The molecule has 1 aromatic carbocycles. The Hall–Kier alpha value is -1.82. The monoisotopic (exact) mass is 266 g/mol. The van der Waals surface area contributed by atoms with Crippen LogP contribution in [0.2, 0.25) is 0 Å². The molecule has 0 aliphatic heterocycles. The van der Waals surface area contributed by atoms with Crippen molar-refractivity contribution in [1.82, 2.24) is 0 Å². The third-order valence-electron chi connectivity index (χ3n) is 3.12. The highest BCUT2D eigenvalue weighted by molar-refractivity contribution is 5.73. The first-order valence-corrected chi connectivity index (χ1v) is 7.55. The Morgan fingerprint density at radius 2 is 1.70 bits per heavy atom. The lowest BCUT2D eigenvalue weighted by molar-refractivity contribution is 1.19. The maximum Gasteiger partial charge on any atom is -0.00975 e. The average molecular weight is 266 g/mol. The van der Waals surface area contributed by atoms with E-state index in [2.05, 4.69) is 87.6 Å². The molecular weight excluding hydrogens is 240 g/mol. The summed E-state index contributed by atoms with van der Waals surface area (Å²) in [4.78, 5) is 0. The van der Waals surface area contributed by atoms with Crippen LogP contribution in [0.5, 0.6) is 0 Å². The summed E-state index contributed by atoms with van der Waals surface area (Å²) in [7, 11) is 0. The Morgan fingerprint density at radius 3 is 2.30 bits per heavy atom. The second-order valence-electron chi connectivity index (χ2n) is 4.71. The van der Waals surface area contributed by atoms with Crippen LogP contribution in [0.15, 0.2) is 72.4 Å². The van der Waals surface area contributed by atoms with Crippen LogP contribution >= 0.6 is 0 Å². The maximum atomic E-state index is 2.28. The number of hydrogen-bond acceptors (Lipinski definition) is 0. The van der Waals surface area contributed by atoms with Crippen molar-refractivity contribution in [3.63, 3.8) is 0 Å². The summed E-state index contributed by atoms with van der Waals surface area (Å²) in [5, 5.41) is 0. The van der Waals surface area contributed by atoms with Gasteiger partial charge in [-0.2, -0.15) is 0 Å². The molecule has 0 spiro atoms. The Bertz CT molecular complexity index is 484. The molecule has 0 heterocycles. The van der Waals surface area contributed by atoms with E-state index in [1.54, 1.807) is 0 Å². The molecule has 106 valence electrons. The lowest BCUT2D eigenvalue weighted by Crippen LogP contribution is -1.81. The van der Waals surface area contributed by atoms with Crippen molar-refractivity contribution >= 4 is 5.57 Å². The van der Waals surface area contributed by atoms with Crippen LogP contribution in [0.4, 0.5) is 0 Å². The quantitative estimate of drug-likeness (QED) is 0.505. The van der Waals surface area contributed by atoms with E-state index in [0.29, 0.717) is 0 Å². The van der Waals surface area contributed by atoms with Gasteiger partial charge >= 0.3 is 0 Å². The van der Waals surface area contributed by atoms with Gasteiger partial charge in [-0.05, 0) is 42.9 Å². The van der Waals surface area contributed by atoms with Crippen molar-refractivity contribution in [2.24, 2.45) is 0 Å². The van der Waals surface area contributed by atoms with E-state index in [4.69, 9.17) is 0 Å². The summed E-state index contributed by atoms with van der Waals surface area (Å²) in [5.74, 6) is 0. The Morgan fingerprint density at radius 1 is 0.950 bits per heavy atom. The molecule has 0 radical (unpaired) electrons. The van der Waals surface area contributed by atoms with E-state index in [1.807, 2.05) is 0 Å². The molecule has 0 aliphatic rings. The van der Waals surface area contributed by atoms with Crippen LogP contribution in [0.3, 0.4) is 0 Å². The zero-order valence-corrected chi connectivity index (χ0v) is 13.0. The third kappa shape index (κ3) is 5.88. The molecule has 0 saturated carbocycles. The summed E-state index contributed by atoms with van der Waals surface area (Å²) in [6.07, 6.45) is 16.5. The van der Waals surface area contributed by atoms with Crippen LogP contribution in [0.25, 0.3) is 5.57 Å². The van der Waals surface area contributed by atoms with Gasteiger partial charge in [0.2, 0.25) is 0 Å². The molecule has 20 heavy (non-hydrogen) atoms. The first kappa shape index (κ1) is 16.2. The molecule has 0 fully saturated rings. The summed E-state index contributed by atoms with van der Waals surface area (Å²) in [6, 6.07) is 10.6. The lowest BCUT2D eigenvalue weighted by atomic mass is 10.0.